The molecule has 1 saturated heterocycles. The van der Waals surface area contributed by atoms with E-state index in [4.69, 9.17) is 10.5 Å². The molecule has 0 radical (unpaired) electrons. The number of hydrogen-bond donors (Lipinski definition) is 5. The Balaban J connectivity index is 0.00000153. The van der Waals surface area contributed by atoms with Gasteiger partial charge in [-0.3, -0.25) is 9.79 Å². The summed E-state index contributed by atoms with van der Waals surface area (Å²) >= 11 is 0. The topological polar surface area (TPSA) is 121 Å². The highest BCUT2D eigenvalue weighted by molar-refractivity contribution is 5.85. The number of amides is 1. The van der Waals surface area contributed by atoms with E-state index in [-0.39, 0.29) is 53.6 Å². The van der Waals surface area contributed by atoms with Gasteiger partial charge in [-0.2, -0.15) is 0 Å². The summed E-state index contributed by atoms with van der Waals surface area (Å²) in [7, 11) is 0. The standard InChI is InChI=1S/C23H39N5O3.2ClH/c24-19(17-1-3-31-4-2-17)20(30)27-13-22-6-15-5-16(7-22)9-23(8-15,12-22)14-28-21-25-10-18(29)11-26-21;;/h15-19,29H,1-14,24H2,(H,27,30)(H2,25,26,28);2*1H. The van der Waals surface area contributed by atoms with Gasteiger partial charge in [0, 0.05) is 32.8 Å². The van der Waals surface area contributed by atoms with Gasteiger partial charge in [0.2, 0.25) is 5.91 Å². The maximum Gasteiger partial charge on any atom is 0.237 e. The monoisotopic (exact) mass is 505 g/mol. The number of carbonyl (C=O) groups is 1. The van der Waals surface area contributed by atoms with Crippen molar-refractivity contribution >= 4 is 36.7 Å². The number of nitrogens with two attached hydrogens (primary N) is 1. The zero-order valence-electron chi connectivity index (χ0n) is 19.4. The first-order valence-corrected chi connectivity index (χ1v) is 12.3. The van der Waals surface area contributed by atoms with Crippen molar-refractivity contribution in [3.63, 3.8) is 0 Å². The molecule has 33 heavy (non-hydrogen) atoms. The fourth-order valence-electron chi connectivity index (χ4n) is 7.67. The Morgan fingerprint density at radius 3 is 2.39 bits per heavy atom. The zero-order chi connectivity index (χ0) is 21.5. The van der Waals surface area contributed by atoms with Crippen molar-refractivity contribution in [3.05, 3.63) is 0 Å². The van der Waals surface area contributed by atoms with Crippen LogP contribution >= 0.6 is 24.8 Å². The third-order valence-electron chi connectivity index (χ3n) is 8.61. The van der Waals surface area contributed by atoms with Crippen LogP contribution in [0.1, 0.15) is 51.4 Å². The van der Waals surface area contributed by atoms with Crippen molar-refractivity contribution in [2.75, 3.05) is 39.4 Å². The molecule has 2 aliphatic heterocycles. The highest BCUT2D eigenvalue weighted by atomic mass is 35.5. The fraction of sp³-hybridized carbons (Fsp3) is 0.913. The van der Waals surface area contributed by atoms with Gasteiger partial charge >= 0.3 is 0 Å². The van der Waals surface area contributed by atoms with Crippen LogP contribution in [0.4, 0.5) is 0 Å². The van der Waals surface area contributed by atoms with E-state index in [0.29, 0.717) is 26.3 Å². The third-order valence-corrected chi connectivity index (χ3v) is 8.61. The first kappa shape index (κ1) is 26.8. The molecule has 8 nitrogen and oxygen atoms in total. The highest BCUT2D eigenvalue weighted by Gasteiger charge is 2.57. The number of rotatable bonds is 6. The summed E-state index contributed by atoms with van der Waals surface area (Å²) in [4.78, 5) is 17.3. The van der Waals surface area contributed by atoms with Gasteiger partial charge in [0.1, 0.15) is 0 Å². The highest BCUT2D eigenvalue weighted by Crippen LogP contribution is 2.64. The van der Waals surface area contributed by atoms with E-state index < -0.39 is 6.04 Å². The van der Waals surface area contributed by atoms with Crippen molar-refractivity contribution in [2.45, 2.75) is 63.5 Å². The largest absolute Gasteiger partial charge is 0.389 e. The molecule has 6 N–H and O–H groups in total. The molecule has 190 valence electrons. The van der Waals surface area contributed by atoms with Crippen molar-refractivity contribution in [3.8, 4) is 0 Å². The van der Waals surface area contributed by atoms with Crippen LogP contribution in [0.3, 0.4) is 0 Å². The summed E-state index contributed by atoms with van der Waals surface area (Å²) in [6, 6.07) is -0.417. The number of nitrogens with one attached hydrogen (secondary N) is 3. The molecular formula is C23H41Cl2N5O3. The lowest BCUT2D eigenvalue weighted by Gasteiger charge is -2.62. The molecule has 4 aliphatic carbocycles. The molecule has 6 aliphatic rings. The van der Waals surface area contributed by atoms with Crippen LogP contribution in [0.2, 0.25) is 0 Å². The number of nitrogens with zero attached hydrogens (tertiary/aromatic N) is 1. The maximum absolute atomic E-state index is 12.8. The van der Waals surface area contributed by atoms with Gasteiger partial charge < -0.3 is 31.5 Å². The number of hydrogen-bond acceptors (Lipinski definition) is 7. The van der Waals surface area contributed by atoms with Crippen LogP contribution in [-0.2, 0) is 9.53 Å². The van der Waals surface area contributed by atoms with Crippen molar-refractivity contribution in [1.29, 1.82) is 0 Å². The average molecular weight is 507 g/mol. The number of guanidine groups is 1. The smallest absolute Gasteiger partial charge is 0.237 e. The van der Waals surface area contributed by atoms with Crippen LogP contribution in [-0.4, -0.2) is 68.5 Å². The summed E-state index contributed by atoms with van der Waals surface area (Å²) in [6.07, 6.45) is 8.94. The Labute approximate surface area is 209 Å². The summed E-state index contributed by atoms with van der Waals surface area (Å²) in [5.74, 6) is 2.63. The van der Waals surface area contributed by atoms with Crippen LogP contribution in [0, 0.1) is 28.6 Å². The first-order valence-electron chi connectivity index (χ1n) is 12.3. The molecular weight excluding hydrogens is 465 g/mol. The van der Waals surface area contributed by atoms with Gasteiger partial charge in [0.25, 0.3) is 0 Å². The molecule has 1 amide bonds. The normalized spacial score (nSPS) is 38.2. The Morgan fingerprint density at radius 2 is 1.79 bits per heavy atom. The van der Waals surface area contributed by atoms with Crippen LogP contribution in [0.5, 0.6) is 0 Å². The summed E-state index contributed by atoms with van der Waals surface area (Å²) in [5.41, 5.74) is 6.83. The summed E-state index contributed by atoms with van der Waals surface area (Å²) < 4.78 is 5.42. The molecule has 0 aromatic carbocycles. The van der Waals surface area contributed by atoms with E-state index in [1.807, 2.05) is 0 Å². The van der Waals surface area contributed by atoms with Gasteiger partial charge in [-0.05, 0) is 80.0 Å². The molecule has 10 heteroatoms. The first-order chi connectivity index (χ1) is 14.9. The Hall–Kier alpha value is -0.800. The predicted molar refractivity (Wildman–Crippen MR) is 133 cm³/mol. The summed E-state index contributed by atoms with van der Waals surface area (Å²) in [5, 5.41) is 19.7. The molecule has 6 rings (SSSR count). The minimum absolute atomic E-state index is 0. The lowest BCUT2D eigenvalue weighted by Crippen LogP contribution is -2.60. The number of aliphatic hydroxyl groups excluding tert-OH is 1. The van der Waals surface area contributed by atoms with E-state index in [1.54, 1.807) is 0 Å². The fourth-order valence-corrected chi connectivity index (χ4v) is 7.67. The number of aliphatic imine (C=N–C) groups is 1. The molecule has 0 spiro atoms. The summed E-state index contributed by atoms with van der Waals surface area (Å²) in [6.45, 7) is 4.16. The van der Waals surface area contributed by atoms with E-state index in [2.05, 4.69) is 20.9 Å². The Kier molecular flexibility index (Phi) is 8.82. The number of halogens is 2. The number of β-amino-alcohol motifs (C(OH)–C–C–N with tert-alkyl or cyclic N) is 1. The molecule has 0 aromatic heterocycles. The van der Waals surface area contributed by atoms with Gasteiger partial charge in [0.15, 0.2) is 5.96 Å². The lowest BCUT2D eigenvalue weighted by atomic mass is 9.44. The molecule has 4 saturated carbocycles. The maximum atomic E-state index is 12.8. The average Bonchev–Trinajstić information content (AvgIpc) is 2.76. The second-order valence-electron chi connectivity index (χ2n) is 11.2. The second kappa shape index (κ2) is 10.9. The van der Waals surface area contributed by atoms with Gasteiger partial charge in [-0.15, -0.1) is 24.8 Å². The van der Waals surface area contributed by atoms with Gasteiger partial charge in [-0.25, -0.2) is 0 Å². The Morgan fingerprint density at radius 1 is 1.15 bits per heavy atom. The van der Waals surface area contributed by atoms with Crippen molar-refractivity contribution in [1.82, 2.24) is 16.0 Å². The van der Waals surface area contributed by atoms with Gasteiger partial charge in [0.05, 0.1) is 18.7 Å². The van der Waals surface area contributed by atoms with E-state index in [0.717, 1.165) is 43.7 Å². The minimum atomic E-state index is -0.417. The van der Waals surface area contributed by atoms with Crippen LogP contribution < -0.4 is 21.7 Å². The molecule has 5 fully saturated rings. The minimum Gasteiger partial charge on any atom is -0.389 e. The number of carbonyl (C=O) groups excluding carboxylic acids is 1. The number of aliphatic hydroxyl groups is 1. The van der Waals surface area contributed by atoms with Crippen molar-refractivity contribution in [2.24, 2.45) is 39.3 Å². The number of ether oxygens (including phenoxy) is 1. The Bertz CT molecular complexity index is 704. The molecule has 4 bridgehead atoms. The molecule has 2 heterocycles. The van der Waals surface area contributed by atoms with E-state index >= 15 is 0 Å². The molecule has 0 aromatic rings. The lowest BCUT2D eigenvalue weighted by molar-refractivity contribution is -0.130. The third kappa shape index (κ3) is 5.89. The zero-order valence-corrected chi connectivity index (χ0v) is 21.0. The predicted octanol–water partition coefficient (Wildman–Crippen LogP) is 1.20. The van der Waals surface area contributed by atoms with E-state index in [9.17, 15) is 9.90 Å². The van der Waals surface area contributed by atoms with Crippen LogP contribution in [0.15, 0.2) is 4.99 Å². The van der Waals surface area contributed by atoms with Crippen LogP contribution in [0.25, 0.3) is 0 Å². The van der Waals surface area contributed by atoms with Gasteiger partial charge in [-0.1, -0.05) is 0 Å². The second-order valence-corrected chi connectivity index (χ2v) is 11.2. The SMILES string of the molecule is Cl.Cl.NC(C(=O)NCC12CC3CC(C1)CC(CNC1=NCC(O)CN1)(C3)C2)C1CCOCC1. The van der Waals surface area contributed by atoms with Crippen molar-refractivity contribution < 1.29 is 14.6 Å². The molecule has 4 unspecified atom stereocenters. The quantitative estimate of drug-likeness (QED) is 0.369. The molecule has 4 atom stereocenters. The van der Waals surface area contributed by atoms with E-state index in [1.165, 1.54) is 38.5 Å².